The Morgan fingerprint density at radius 1 is 0.386 bits per heavy atom. The van der Waals surface area contributed by atoms with E-state index in [1.165, 1.54) is 66.7 Å². The van der Waals surface area contributed by atoms with Gasteiger partial charge in [0.2, 0.25) is 0 Å². The lowest BCUT2D eigenvalue weighted by atomic mass is 9.91. The molecule has 2 heterocycles. The minimum Gasteiger partial charge on any atom is -0.333 e. The zero-order chi connectivity index (χ0) is 37.7. The largest absolute Gasteiger partial charge is 0.333 e. The Hall–Kier alpha value is -7.36. The van der Waals surface area contributed by atoms with Crippen LogP contribution in [0, 0.1) is 0 Å². The average molecular weight is 730 g/mol. The molecule has 8 aromatic carbocycles. The maximum Gasteiger partial charge on any atom is 0.0629 e. The lowest BCUT2D eigenvalue weighted by molar-refractivity contribution is 0.745. The second-order valence-electron chi connectivity index (χ2n) is 14.9. The van der Waals surface area contributed by atoms with E-state index < -0.39 is 0 Å². The first-order chi connectivity index (χ1) is 28.3. The van der Waals surface area contributed by atoms with Gasteiger partial charge < -0.3 is 14.4 Å². The number of benzene rings is 8. The summed E-state index contributed by atoms with van der Waals surface area (Å²) in [4.78, 5) is 4.82. The summed E-state index contributed by atoms with van der Waals surface area (Å²) in [6.45, 7) is 0. The molecular weight excluding hydrogens is 691 g/mol. The molecular formula is C54H39N3. The summed E-state index contributed by atoms with van der Waals surface area (Å²) in [5, 5.41) is 2.51. The summed E-state index contributed by atoms with van der Waals surface area (Å²) >= 11 is 0. The predicted molar refractivity (Wildman–Crippen MR) is 240 cm³/mol. The minimum absolute atomic E-state index is 0.298. The molecule has 9 aromatic rings. The van der Waals surface area contributed by atoms with Gasteiger partial charge in [-0.1, -0.05) is 140 Å². The van der Waals surface area contributed by atoms with Gasteiger partial charge in [0.15, 0.2) is 0 Å². The van der Waals surface area contributed by atoms with Gasteiger partial charge >= 0.3 is 0 Å². The molecule has 1 aliphatic heterocycles. The molecule has 2 unspecified atom stereocenters. The zero-order valence-electron chi connectivity index (χ0n) is 31.4. The number of allylic oxidation sites excluding steroid dienone is 2. The minimum atomic E-state index is 0.298. The van der Waals surface area contributed by atoms with Crippen molar-refractivity contribution in [2.45, 2.75) is 12.0 Å². The van der Waals surface area contributed by atoms with Crippen LogP contribution in [0.25, 0.3) is 49.7 Å². The third-order valence-electron chi connectivity index (χ3n) is 11.7. The van der Waals surface area contributed by atoms with E-state index in [0.717, 1.165) is 17.1 Å². The number of nitrogens with zero attached hydrogens (tertiary/aromatic N) is 3. The number of hydrogen-bond acceptors (Lipinski definition) is 2. The number of fused-ring (bicyclic) bond motifs is 6. The van der Waals surface area contributed by atoms with Crippen LogP contribution in [0.5, 0.6) is 0 Å². The van der Waals surface area contributed by atoms with Gasteiger partial charge in [-0.25, -0.2) is 0 Å². The number of aromatic nitrogens is 1. The van der Waals surface area contributed by atoms with Gasteiger partial charge in [-0.2, -0.15) is 0 Å². The molecule has 2 atom stereocenters. The Balaban J connectivity index is 0.893. The molecule has 0 amide bonds. The Morgan fingerprint density at radius 2 is 0.930 bits per heavy atom. The van der Waals surface area contributed by atoms with Crippen LogP contribution in [-0.2, 0) is 0 Å². The maximum atomic E-state index is 2.48. The second-order valence-corrected chi connectivity index (χ2v) is 14.9. The van der Waals surface area contributed by atoms with E-state index in [4.69, 9.17) is 0 Å². The molecule has 3 nitrogen and oxygen atoms in total. The van der Waals surface area contributed by atoms with E-state index in [1.807, 2.05) is 0 Å². The number of rotatable bonds is 7. The fourth-order valence-electron chi connectivity index (χ4n) is 9.04. The van der Waals surface area contributed by atoms with E-state index in [-0.39, 0.29) is 0 Å². The van der Waals surface area contributed by atoms with Crippen molar-refractivity contribution in [3.05, 3.63) is 230 Å². The van der Waals surface area contributed by atoms with E-state index in [9.17, 15) is 0 Å². The van der Waals surface area contributed by atoms with Crippen LogP contribution in [-0.4, -0.2) is 10.6 Å². The SMILES string of the molecule is C1=CC2c3ccccc3N(c3ccc(-c4ccc(N(c5ccccc5)c5ccc(-c6ccc7c(c6)c6ccccc6n7-c6ccccc6)cc5)cc4)cc3)C2C=C1. The normalized spacial score (nSPS) is 15.5. The third kappa shape index (κ3) is 5.67. The van der Waals surface area contributed by atoms with Crippen molar-refractivity contribution in [1.29, 1.82) is 0 Å². The van der Waals surface area contributed by atoms with Crippen molar-refractivity contribution in [3.63, 3.8) is 0 Å². The molecule has 0 radical (unpaired) electrons. The molecule has 2 aliphatic rings. The molecule has 0 saturated heterocycles. The molecule has 0 N–H and O–H groups in total. The Bertz CT molecular complexity index is 2940. The summed E-state index contributed by atoms with van der Waals surface area (Å²) in [5.41, 5.74) is 15.6. The highest BCUT2D eigenvalue weighted by Crippen LogP contribution is 2.48. The van der Waals surface area contributed by atoms with Crippen LogP contribution in [0.3, 0.4) is 0 Å². The van der Waals surface area contributed by atoms with Crippen LogP contribution < -0.4 is 9.80 Å². The molecule has 270 valence electrons. The number of hydrogen-bond donors (Lipinski definition) is 0. The Labute approximate surface area is 333 Å². The summed E-state index contributed by atoms with van der Waals surface area (Å²) in [6, 6.07) is 72.9. The highest BCUT2D eigenvalue weighted by atomic mass is 15.2. The van der Waals surface area contributed by atoms with Gasteiger partial charge in [-0.15, -0.1) is 0 Å². The van der Waals surface area contributed by atoms with Crippen LogP contribution in [0.4, 0.5) is 28.4 Å². The highest BCUT2D eigenvalue weighted by molar-refractivity contribution is 6.10. The van der Waals surface area contributed by atoms with Crippen molar-refractivity contribution in [1.82, 2.24) is 4.57 Å². The molecule has 0 fully saturated rings. The van der Waals surface area contributed by atoms with Crippen LogP contribution >= 0.6 is 0 Å². The van der Waals surface area contributed by atoms with E-state index >= 15 is 0 Å². The molecule has 0 bridgehead atoms. The molecule has 1 aliphatic carbocycles. The first-order valence-corrected chi connectivity index (χ1v) is 19.8. The Kier molecular flexibility index (Phi) is 7.96. The van der Waals surface area contributed by atoms with Crippen molar-refractivity contribution in [2.75, 3.05) is 9.80 Å². The third-order valence-corrected chi connectivity index (χ3v) is 11.7. The first kappa shape index (κ1) is 33.0. The van der Waals surface area contributed by atoms with Gasteiger partial charge in [0.05, 0.1) is 17.1 Å². The first-order valence-electron chi connectivity index (χ1n) is 19.8. The van der Waals surface area contributed by atoms with Gasteiger partial charge in [-0.05, 0) is 113 Å². The highest BCUT2D eigenvalue weighted by Gasteiger charge is 2.36. The fourth-order valence-corrected chi connectivity index (χ4v) is 9.04. The van der Waals surface area contributed by atoms with E-state index in [2.05, 4.69) is 239 Å². The molecule has 3 heteroatoms. The topological polar surface area (TPSA) is 11.4 Å². The van der Waals surface area contributed by atoms with Gasteiger partial charge in [0.25, 0.3) is 0 Å². The summed E-state index contributed by atoms with van der Waals surface area (Å²) in [7, 11) is 0. The maximum absolute atomic E-state index is 2.48. The van der Waals surface area contributed by atoms with Crippen molar-refractivity contribution >= 4 is 50.2 Å². The molecule has 11 rings (SSSR count). The van der Waals surface area contributed by atoms with E-state index in [1.54, 1.807) is 0 Å². The summed E-state index contributed by atoms with van der Waals surface area (Å²) in [5.74, 6) is 0.381. The van der Waals surface area contributed by atoms with Gasteiger partial charge in [0, 0.05) is 50.8 Å². The van der Waals surface area contributed by atoms with E-state index in [0.29, 0.717) is 12.0 Å². The predicted octanol–water partition coefficient (Wildman–Crippen LogP) is 14.3. The molecule has 57 heavy (non-hydrogen) atoms. The monoisotopic (exact) mass is 729 g/mol. The molecule has 1 aromatic heterocycles. The van der Waals surface area contributed by atoms with Gasteiger partial charge in [0.1, 0.15) is 0 Å². The second kappa shape index (κ2) is 13.7. The lowest BCUT2D eigenvalue weighted by Gasteiger charge is -2.29. The van der Waals surface area contributed by atoms with Gasteiger partial charge in [-0.3, -0.25) is 0 Å². The fraction of sp³-hybridized carbons (Fsp3) is 0.0370. The zero-order valence-corrected chi connectivity index (χ0v) is 31.4. The smallest absolute Gasteiger partial charge is 0.0629 e. The lowest BCUT2D eigenvalue weighted by Crippen LogP contribution is -2.28. The average Bonchev–Trinajstić information content (AvgIpc) is 3.80. The standard InChI is InChI=1S/C54H39N3/c1-3-13-42(14-4-1)55(44-30-23-38(24-31-44)39-25-34-46(35-26-39)57-51-20-10-7-17-47(51)48-18-8-11-21-52(48)57)45-32-27-40(28-33-45)41-29-36-54-50(37-41)49-19-9-12-22-53(49)56(54)43-15-5-2-6-16-43/h1-37,47,51H. The van der Waals surface area contributed by atoms with Crippen molar-refractivity contribution < 1.29 is 0 Å². The molecule has 0 spiro atoms. The van der Waals surface area contributed by atoms with Crippen LogP contribution in [0.1, 0.15) is 11.5 Å². The van der Waals surface area contributed by atoms with Crippen LogP contribution in [0.15, 0.2) is 224 Å². The molecule has 0 saturated carbocycles. The number of anilines is 5. The van der Waals surface area contributed by atoms with Crippen molar-refractivity contribution in [2.24, 2.45) is 0 Å². The quantitative estimate of drug-likeness (QED) is 0.162. The summed E-state index contributed by atoms with van der Waals surface area (Å²) < 4.78 is 2.37. The number of para-hydroxylation sites is 4. The Morgan fingerprint density at radius 3 is 1.67 bits per heavy atom. The summed E-state index contributed by atoms with van der Waals surface area (Å²) in [6.07, 6.45) is 9.01. The van der Waals surface area contributed by atoms with Crippen LogP contribution in [0.2, 0.25) is 0 Å². The van der Waals surface area contributed by atoms with Crippen molar-refractivity contribution in [3.8, 4) is 27.9 Å².